The number of aromatic nitrogens is 3. The van der Waals surface area contributed by atoms with Gasteiger partial charge in [0.2, 0.25) is 5.88 Å². The van der Waals surface area contributed by atoms with E-state index in [4.69, 9.17) is 5.26 Å². The molecule has 1 unspecified atom stereocenters. The molecule has 0 aliphatic carbocycles. The van der Waals surface area contributed by atoms with E-state index in [0.717, 1.165) is 6.54 Å². The van der Waals surface area contributed by atoms with E-state index in [0.29, 0.717) is 36.1 Å². The van der Waals surface area contributed by atoms with Gasteiger partial charge in [-0.05, 0) is 45.4 Å². The monoisotopic (exact) mass is 480 g/mol. The molecule has 8 nitrogen and oxygen atoms in total. The van der Waals surface area contributed by atoms with Crippen LogP contribution in [0.3, 0.4) is 0 Å². The molecule has 1 fully saturated rings. The summed E-state index contributed by atoms with van der Waals surface area (Å²) in [5, 5.41) is 24.0. The van der Waals surface area contributed by atoms with E-state index in [2.05, 4.69) is 35.8 Å². The van der Waals surface area contributed by atoms with Gasteiger partial charge in [-0.1, -0.05) is 19.9 Å². The molecule has 0 bridgehead atoms. The zero-order valence-electron chi connectivity index (χ0n) is 20.9. The number of carbonyl (C=O) groups is 1. The van der Waals surface area contributed by atoms with Crippen LogP contribution in [-0.2, 0) is 0 Å². The van der Waals surface area contributed by atoms with E-state index < -0.39 is 5.83 Å². The van der Waals surface area contributed by atoms with Gasteiger partial charge in [-0.15, -0.1) is 0 Å². The van der Waals surface area contributed by atoms with Crippen molar-refractivity contribution in [1.82, 2.24) is 24.6 Å². The van der Waals surface area contributed by atoms with Crippen molar-refractivity contribution in [2.75, 3.05) is 19.6 Å². The van der Waals surface area contributed by atoms with Crippen molar-refractivity contribution in [1.29, 1.82) is 5.26 Å². The van der Waals surface area contributed by atoms with Crippen LogP contribution in [-0.4, -0.2) is 67.3 Å². The van der Waals surface area contributed by atoms with Gasteiger partial charge in [0.25, 0.3) is 5.91 Å². The topological polar surface area (TPSA) is 98.3 Å². The van der Waals surface area contributed by atoms with Gasteiger partial charge in [-0.25, -0.2) is 9.37 Å². The predicted octanol–water partition coefficient (Wildman–Crippen LogP) is 4.34. The summed E-state index contributed by atoms with van der Waals surface area (Å²) in [6.45, 7) is 12.1. The van der Waals surface area contributed by atoms with Gasteiger partial charge in [-0.2, -0.15) is 15.0 Å². The van der Waals surface area contributed by atoms with Crippen LogP contribution < -0.4 is 0 Å². The summed E-state index contributed by atoms with van der Waals surface area (Å²) in [4.78, 5) is 21.6. The van der Waals surface area contributed by atoms with Gasteiger partial charge in [0.1, 0.15) is 11.9 Å². The van der Waals surface area contributed by atoms with Crippen molar-refractivity contribution in [2.24, 2.45) is 0 Å². The number of halogens is 1. The molecule has 0 aromatic carbocycles. The van der Waals surface area contributed by atoms with Crippen LogP contribution in [0.5, 0.6) is 5.88 Å². The van der Waals surface area contributed by atoms with Crippen LogP contribution in [0.1, 0.15) is 62.9 Å². The Morgan fingerprint density at radius 1 is 1.31 bits per heavy atom. The molecule has 1 aliphatic heterocycles. The molecule has 1 N–H and O–H groups in total. The predicted molar refractivity (Wildman–Crippen MR) is 132 cm³/mol. The summed E-state index contributed by atoms with van der Waals surface area (Å²) in [6, 6.07) is 5.90. The van der Waals surface area contributed by atoms with Crippen LogP contribution >= 0.6 is 0 Å². The number of piperazine rings is 1. The molecular formula is C26H33FN6O2. The van der Waals surface area contributed by atoms with Crippen LogP contribution in [0.25, 0.3) is 5.82 Å². The Hall–Kier alpha value is -3.51. The number of hydrogen-bond acceptors (Lipinski definition) is 6. The van der Waals surface area contributed by atoms with Gasteiger partial charge in [0.05, 0.1) is 17.3 Å². The Bertz CT molecular complexity index is 1150. The third kappa shape index (κ3) is 5.77. The molecule has 2 aromatic heterocycles. The second-order valence-corrected chi connectivity index (χ2v) is 9.10. The molecule has 1 saturated heterocycles. The number of allylic oxidation sites excluding steroid dienone is 4. The first-order valence-corrected chi connectivity index (χ1v) is 11.9. The maximum absolute atomic E-state index is 13.7. The maximum Gasteiger partial charge on any atom is 0.255 e. The second-order valence-electron chi connectivity index (χ2n) is 9.10. The summed E-state index contributed by atoms with van der Waals surface area (Å²) in [5.74, 6) is -0.598. The van der Waals surface area contributed by atoms with Gasteiger partial charge in [-0.3, -0.25) is 9.69 Å². The molecule has 0 spiro atoms. The molecule has 9 heteroatoms. The van der Waals surface area contributed by atoms with E-state index in [1.54, 1.807) is 25.1 Å². The molecule has 0 saturated carbocycles. The normalized spacial score (nSPS) is 18.6. The maximum atomic E-state index is 13.7. The zero-order chi connectivity index (χ0) is 25.7. The number of pyridine rings is 1. The van der Waals surface area contributed by atoms with Crippen molar-refractivity contribution < 1.29 is 14.3 Å². The van der Waals surface area contributed by atoms with Crippen molar-refractivity contribution in [3.8, 4) is 17.8 Å². The lowest BCUT2D eigenvalue weighted by molar-refractivity contribution is 0.0426. The van der Waals surface area contributed by atoms with E-state index in [-0.39, 0.29) is 35.7 Å². The van der Waals surface area contributed by atoms with Gasteiger partial charge in [0.15, 0.2) is 5.82 Å². The molecule has 0 radical (unpaired) electrons. The number of amides is 1. The number of nitriles is 1. The van der Waals surface area contributed by atoms with Crippen LogP contribution in [0.15, 0.2) is 48.1 Å². The molecule has 1 amide bonds. The number of hydrogen-bond donors (Lipinski definition) is 1. The largest absolute Gasteiger partial charge is 0.493 e. The molecular weight excluding hydrogens is 447 g/mol. The van der Waals surface area contributed by atoms with Crippen LogP contribution in [0.2, 0.25) is 0 Å². The van der Waals surface area contributed by atoms with Crippen LogP contribution in [0.4, 0.5) is 4.39 Å². The fourth-order valence-corrected chi connectivity index (χ4v) is 4.31. The summed E-state index contributed by atoms with van der Waals surface area (Å²) < 4.78 is 15.0. The first-order chi connectivity index (χ1) is 16.7. The Balaban J connectivity index is 1.73. The zero-order valence-corrected chi connectivity index (χ0v) is 20.9. The summed E-state index contributed by atoms with van der Waals surface area (Å²) in [7, 11) is 0. The average molecular weight is 481 g/mol. The lowest BCUT2D eigenvalue weighted by Gasteiger charge is -2.42. The molecule has 1 aliphatic rings. The van der Waals surface area contributed by atoms with Gasteiger partial charge >= 0.3 is 0 Å². The average Bonchev–Trinajstić information content (AvgIpc) is 3.24. The molecule has 35 heavy (non-hydrogen) atoms. The summed E-state index contributed by atoms with van der Waals surface area (Å²) in [5.41, 5.74) is 0.957. The van der Waals surface area contributed by atoms with Gasteiger partial charge in [0, 0.05) is 49.4 Å². The SMILES string of the molecule is CC/C(F)=C(C#N)\C=C/C(C)c1cnn(-c2ccc(C(=O)N3CCN(C(C)C)[C@@H](C)C3)cn2)c1O. The Kier molecular flexibility index (Phi) is 8.41. The third-order valence-electron chi connectivity index (χ3n) is 6.38. The molecule has 2 aromatic rings. The summed E-state index contributed by atoms with van der Waals surface area (Å²) >= 11 is 0. The minimum Gasteiger partial charge on any atom is -0.493 e. The first kappa shape index (κ1) is 26.1. The van der Waals surface area contributed by atoms with Gasteiger partial charge < -0.3 is 10.0 Å². The van der Waals surface area contributed by atoms with Crippen molar-refractivity contribution >= 4 is 5.91 Å². The molecule has 2 atom stereocenters. The first-order valence-electron chi connectivity index (χ1n) is 11.9. The highest BCUT2D eigenvalue weighted by Crippen LogP contribution is 2.29. The molecule has 3 rings (SSSR count). The van der Waals surface area contributed by atoms with Crippen molar-refractivity contribution in [2.45, 2.75) is 59.0 Å². The molecule has 3 heterocycles. The highest BCUT2D eigenvalue weighted by Gasteiger charge is 2.28. The Morgan fingerprint density at radius 3 is 2.63 bits per heavy atom. The van der Waals surface area contributed by atoms with Crippen LogP contribution in [0, 0.1) is 11.3 Å². The minimum atomic E-state index is -0.481. The van der Waals surface area contributed by atoms with Crippen molar-refractivity contribution in [3.63, 3.8) is 0 Å². The second kappa shape index (κ2) is 11.3. The van der Waals surface area contributed by atoms with E-state index in [1.165, 1.54) is 23.2 Å². The fourth-order valence-electron chi connectivity index (χ4n) is 4.31. The molecule has 186 valence electrons. The standard InChI is InChI=1S/C26H33FN6O2/c1-6-23(27)20(13-28)8-7-18(4)22-15-30-33(26(22)35)24-10-9-21(14-29-24)25(34)31-11-12-32(17(2)3)19(5)16-31/h7-10,14-15,17-19,35H,6,11-12,16H2,1-5H3/b8-7-,23-20-/t18?,19-/m0/s1. The highest BCUT2D eigenvalue weighted by atomic mass is 19.1. The quantitative estimate of drug-likeness (QED) is 0.468. The van der Waals surface area contributed by atoms with E-state index in [1.807, 2.05) is 17.9 Å². The number of rotatable bonds is 7. The summed E-state index contributed by atoms with van der Waals surface area (Å²) in [6.07, 6.45) is 6.21. The number of nitrogens with zero attached hydrogens (tertiary/aromatic N) is 6. The number of aromatic hydroxyl groups is 1. The lowest BCUT2D eigenvalue weighted by Crippen LogP contribution is -2.55. The van der Waals surface area contributed by atoms with E-state index >= 15 is 0 Å². The van der Waals surface area contributed by atoms with E-state index in [9.17, 15) is 14.3 Å². The highest BCUT2D eigenvalue weighted by molar-refractivity contribution is 5.94. The van der Waals surface area contributed by atoms with Crippen molar-refractivity contribution in [3.05, 3.63) is 59.2 Å². The third-order valence-corrected chi connectivity index (χ3v) is 6.38. The number of carbonyl (C=O) groups excluding carboxylic acids is 1. The Morgan fingerprint density at radius 2 is 2.06 bits per heavy atom. The minimum absolute atomic E-state index is 0.0341. The smallest absolute Gasteiger partial charge is 0.255 e. The fraction of sp³-hybridized carbons (Fsp3) is 0.462. The Labute approximate surface area is 206 Å². The lowest BCUT2D eigenvalue weighted by atomic mass is 10.0.